The fourth-order valence-electron chi connectivity index (χ4n) is 3.18. The Labute approximate surface area is 112 Å². The van der Waals surface area contributed by atoms with Crippen molar-refractivity contribution in [2.45, 2.75) is 31.3 Å². The molecule has 0 aromatic heterocycles. The maximum Gasteiger partial charge on any atom is 0.0368 e. The number of rotatable bonds is 1. The number of benzene rings is 1. The number of hydrogen-bond acceptors (Lipinski definition) is 2. The number of anilines is 1. The number of halogens is 1. The second-order valence-corrected chi connectivity index (χ2v) is 6.20. The predicted octanol–water partition coefficient (Wildman–Crippen LogP) is 3.12. The summed E-state index contributed by atoms with van der Waals surface area (Å²) >= 11 is 3.50. The molecule has 2 bridgehead atoms. The Morgan fingerprint density at radius 3 is 2.24 bits per heavy atom. The van der Waals surface area contributed by atoms with Gasteiger partial charge >= 0.3 is 0 Å². The van der Waals surface area contributed by atoms with Crippen molar-refractivity contribution in [2.75, 3.05) is 25.0 Å². The summed E-state index contributed by atoms with van der Waals surface area (Å²) in [7, 11) is 2.30. The summed E-state index contributed by atoms with van der Waals surface area (Å²) in [6, 6.07) is 10.3. The molecule has 3 heteroatoms. The van der Waals surface area contributed by atoms with Gasteiger partial charge in [-0.3, -0.25) is 4.90 Å². The number of piperidine rings is 1. The molecule has 2 heterocycles. The smallest absolute Gasteiger partial charge is 0.0368 e. The van der Waals surface area contributed by atoms with Gasteiger partial charge in [0.1, 0.15) is 0 Å². The molecule has 17 heavy (non-hydrogen) atoms. The van der Waals surface area contributed by atoms with E-state index in [2.05, 4.69) is 57.0 Å². The summed E-state index contributed by atoms with van der Waals surface area (Å²) in [5.41, 5.74) is 1.37. The van der Waals surface area contributed by atoms with Crippen LogP contribution in [0.3, 0.4) is 0 Å². The van der Waals surface area contributed by atoms with Gasteiger partial charge in [0.25, 0.3) is 0 Å². The minimum absolute atomic E-state index is 0.756. The molecule has 2 fully saturated rings. The molecule has 2 saturated heterocycles. The van der Waals surface area contributed by atoms with Crippen molar-refractivity contribution < 1.29 is 0 Å². The van der Waals surface area contributed by atoms with Gasteiger partial charge in [-0.1, -0.05) is 22.4 Å². The van der Waals surface area contributed by atoms with Gasteiger partial charge in [-0.25, -0.2) is 0 Å². The molecule has 2 aliphatic rings. The zero-order chi connectivity index (χ0) is 11.8. The Kier molecular flexibility index (Phi) is 3.14. The van der Waals surface area contributed by atoms with Crippen LogP contribution in [0.25, 0.3) is 0 Å². The summed E-state index contributed by atoms with van der Waals surface area (Å²) in [6.45, 7) is 2.38. The molecule has 2 atom stereocenters. The van der Waals surface area contributed by atoms with E-state index in [1.54, 1.807) is 0 Å². The summed E-state index contributed by atoms with van der Waals surface area (Å²) in [6.07, 6.45) is 4.13. The van der Waals surface area contributed by atoms with E-state index in [1.807, 2.05) is 0 Å². The van der Waals surface area contributed by atoms with E-state index in [4.69, 9.17) is 0 Å². The maximum atomic E-state index is 3.50. The molecule has 1 aromatic rings. The van der Waals surface area contributed by atoms with Crippen LogP contribution in [-0.4, -0.2) is 37.1 Å². The van der Waals surface area contributed by atoms with E-state index in [1.165, 1.54) is 38.0 Å². The fraction of sp³-hybridized carbons (Fsp3) is 0.571. The van der Waals surface area contributed by atoms with Gasteiger partial charge < -0.3 is 4.90 Å². The van der Waals surface area contributed by atoms with Crippen molar-refractivity contribution in [2.24, 2.45) is 0 Å². The van der Waals surface area contributed by atoms with Crippen molar-refractivity contribution in [1.82, 2.24) is 4.90 Å². The van der Waals surface area contributed by atoms with Gasteiger partial charge in [-0.2, -0.15) is 0 Å². The molecular weight excluding hydrogens is 276 g/mol. The first-order valence-electron chi connectivity index (χ1n) is 6.46. The molecule has 0 spiro atoms. The molecule has 92 valence electrons. The van der Waals surface area contributed by atoms with Crippen molar-refractivity contribution in [3.8, 4) is 0 Å². The van der Waals surface area contributed by atoms with E-state index in [0.717, 1.165) is 16.6 Å². The van der Waals surface area contributed by atoms with Crippen LogP contribution in [0.5, 0.6) is 0 Å². The lowest BCUT2D eigenvalue weighted by atomic mass is 9.92. The van der Waals surface area contributed by atoms with Crippen LogP contribution < -0.4 is 4.90 Å². The van der Waals surface area contributed by atoms with Crippen LogP contribution in [0.15, 0.2) is 28.7 Å². The molecule has 0 amide bonds. The highest BCUT2D eigenvalue weighted by Gasteiger charge is 2.34. The number of fused-ring (bicyclic) bond motifs is 2. The monoisotopic (exact) mass is 294 g/mol. The predicted molar refractivity (Wildman–Crippen MR) is 75.5 cm³/mol. The molecule has 1 aromatic carbocycles. The topological polar surface area (TPSA) is 6.48 Å². The minimum Gasteiger partial charge on any atom is -0.368 e. The maximum absolute atomic E-state index is 3.50. The van der Waals surface area contributed by atoms with Gasteiger partial charge in [-0.15, -0.1) is 0 Å². The Hall–Kier alpha value is -0.540. The van der Waals surface area contributed by atoms with Gasteiger partial charge in [0.15, 0.2) is 0 Å². The number of piperazine rings is 1. The highest BCUT2D eigenvalue weighted by atomic mass is 79.9. The summed E-state index contributed by atoms with van der Waals surface area (Å²) in [5, 5.41) is 0. The lowest BCUT2D eigenvalue weighted by Crippen LogP contribution is -2.59. The molecule has 2 aliphatic heterocycles. The molecular formula is C14H19BrN2. The zero-order valence-corrected chi connectivity index (χ0v) is 11.9. The Balaban J connectivity index is 1.79. The highest BCUT2D eigenvalue weighted by molar-refractivity contribution is 9.10. The summed E-state index contributed by atoms with van der Waals surface area (Å²) in [5.74, 6) is 0. The van der Waals surface area contributed by atoms with Crippen LogP contribution in [-0.2, 0) is 0 Å². The number of nitrogens with zero attached hydrogens (tertiary/aromatic N) is 2. The van der Waals surface area contributed by atoms with E-state index in [-0.39, 0.29) is 0 Å². The minimum atomic E-state index is 0.756. The van der Waals surface area contributed by atoms with Crippen LogP contribution in [0, 0.1) is 0 Å². The quantitative estimate of drug-likeness (QED) is 0.785. The molecule has 0 N–H and O–H groups in total. The standard InChI is InChI=1S/C14H19BrN2/c1-16-13-3-2-4-14(16)10-17(9-13)12-7-5-11(15)6-8-12/h5-8,13-14H,2-4,9-10H2,1H3. The second kappa shape index (κ2) is 4.62. The highest BCUT2D eigenvalue weighted by Crippen LogP contribution is 2.30. The lowest BCUT2D eigenvalue weighted by Gasteiger charge is -2.49. The Morgan fingerprint density at radius 1 is 1.06 bits per heavy atom. The van der Waals surface area contributed by atoms with Gasteiger partial charge in [0.05, 0.1) is 0 Å². The fourth-order valence-corrected chi connectivity index (χ4v) is 3.45. The van der Waals surface area contributed by atoms with Gasteiger partial charge in [0.2, 0.25) is 0 Å². The van der Waals surface area contributed by atoms with E-state index in [0.29, 0.717) is 0 Å². The van der Waals surface area contributed by atoms with Crippen LogP contribution >= 0.6 is 15.9 Å². The van der Waals surface area contributed by atoms with E-state index in [9.17, 15) is 0 Å². The van der Waals surface area contributed by atoms with Crippen molar-refractivity contribution in [1.29, 1.82) is 0 Å². The van der Waals surface area contributed by atoms with Gasteiger partial charge in [-0.05, 0) is 44.2 Å². The van der Waals surface area contributed by atoms with Crippen LogP contribution in [0.2, 0.25) is 0 Å². The van der Waals surface area contributed by atoms with Crippen molar-refractivity contribution in [3.63, 3.8) is 0 Å². The lowest BCUT2D eigenvalue weighted by molar-refractivity contribution is 0.0950. The average molecular weight is 295 g/mol. The number of likely N-dealkylation sites (N-methyl/N-ethyl adjacent to an activating group) is 1. The number of hydrogen-bond donors (Lipinski definition) is 0. The third-order valence-electron chi connectivity index (χ3n) is 4.28. The third kappa shape index (κ3) is 2.23. The molecule has 3 rings (SSSR count). The van der Waals surface area contributed by atoms with Crippen LogP contribution in [0.1, 0.15) is 19.3 Å². The van der Waals surface area contributed by atoms with E-state index >= 15 is 0 Å². The normalized spacial score (nSPS) is 29.4. The molecule has 0 radical (unpaired) electrons. The van der Waals surface area contributed by atoms with Gasteiger partial charge in [0, 0.05) is 35.3 Å². The molecule has 2 unspecified atom stereocenters. The average Bonchev–Trinajstić information content (AvgIpc) is 2.30. The van der Waals surface area contributed by atoms with E-state index < -0.39 is 0 Å². The Morgan fingerprint density at radius 2 is 1.65 bits per heavy atom. The second-order valence-electron chi connectivity index (χ2n) is 5.29. The third-order valence-corrected chi connectivity index (χ3v) is 4.81. The molecule has 0 saturated carbocycles. The Bertz CT molecular complexity index is 376. The molecule has 2 nitrogen and oxygen atoms in total. The zero-order valence-electron chi connectivity index (χ0n) is 10.3. The molecule has 0 aliphatic carbocycles. The SMILES string of the molecule is CN1C2CCCC1CN(c1ccc(Br)cc1)C2. The van der Waals surface area contributed by atoms with Crippen molar-refractivity contribution >= 4 is 21.6 Å². The first kappa shape index (κ1) is 11.5. The summed E-state index contributed by atoms with van der Waals surface area (Å²) in [4.78, 5) is 5.15. The first-order chi connectivity index (χ1) is 8.24. The largest absolute Gasteiger partial charge is 0.368 e. The first-order valence-corrected chi connectivity index (χ1v) is 7.26. The van der Waals surface area contributed by atoms with Crippen LogP contribution in [0.4, 0.5) is 5.69 Å². The van der Waals surface area contributed by atoms with Crippen molar-refractivity contribution in [3.05, 3.63) is 28.7 Å². The summed E-state index contributed by atoms with van der Waals surface area (Å²) < 4.78 is 1.16.